The highest BCUT2D eigenvalue weighted by Gasteiger charge is 2.19. The third-order valence-corrected chi connectivity index (χ3v) is 4.77. The fraction of sp³-hybridized carbons (Fsp3) is 0.143. The molecule has 2 aromatic heterocycles. The molecule has 2 heterocycles. The molecule has 0 bridgehead atoms. The third-order valence-electron chi connectivity index (χ3n) is 4.77. The van der Waals surface area contributed by atoms with Crippen LogP contribution in [-0.4, -0.2) is 13.7 Å². The standard InChI is InChI=1S/C21H19N3O2/c1-14-8-7-11-16(12-14)24-13-17-18(19(24)15-9-5-4-6-10-15)20(25)23(3)21(26)22(17)2/h4-13H,1-3H3. The number of nitrogens with zero attached hydrogens (tertiary/aromatic N) is 3. The Bertz CT molecular complexity index is 1240. The van der Waals surface area contributed by atoms with Crippen molar-refractivity contribution in [2.24, 2.45) is 14.1 Å². The largest absolute Gasteiger partial charge is 0.330 e. The van der Waals surface area contributed by atoms with Crippen LogP contribution >= 0.6 is 0 Å². The molecule has 0 amide bonds. The smallest absolute Gasteiger partial charge is 0.314 e. The van der Waals surface area contributed by atoms with E-state index in [2.05, 4.69) is 6.07 Å². The Balaban J connectivity index is 2.23. The van der Waals surface area contributed by atoms with E-state index in [1.54, 1.807) is 7.05 Å². The van der Waals surface area contributed by atoms with Crippen LogP contribution in [0, 0.1) is 6.92 Å². The van der Waals surface area contributed by atoms with Gasteiger partial charge in [0.2, 0.25) is 0 Å². The summed E-state index contributed by atoms with van der Waals surface area (Å²) in [4.78, 5) is 25.3. The van der Waals surface area contributed by atoms with E-state index in [0.29, 0.717) is 10.9 Å². The molecule has 0 aliphatic rings. The number of rotatable bonds is 2. The van der Waals surface area contributed by atoms with Gasteiger partial charge in [0.25, 0.3) is 5.56 Å². The van der Waals surface area contributed by atoms with E-state index in [0.717, 1.165) is 27.1 Å². The summed E-state index contributed by atoms with van der Waals surface area (Å²) in [6.45, 7) is 2.03. The lowest BCUT2D eigenvalue weighted by Crippen LogP contribution is -2.36. The monoisotopic (exact) mass is 345 g/mol. The van der Waals surface area contributed by atoms with E-state index in [-0.39, 0.29) is 11.2 Å². The molecule has 4 rings (SSSR count). The van der Waals surface area contributed by atoms with Gasteiger partial charge in [-0.2, -0.15) is 0 Å². The number of hydrogen-bond donors (Lipinski definition) is 0. The van der Waals surface area contributed by atoms with E-state index >= 15 is 0 Å². The first-order valence-corrected chi connectivity index (χ1v) is 8.42. The molecular formula is C21H19N3O2. The molecule has 130 valence electrons. The molecule has 0 N–H and O–H groups in total. The van der Waals surface area contributed by atoms with Gasteiger partial charge in [-0.15, -0.1) is 0 Å². The van der Waals surface area contributed by atoms with Gasteiger partial charge in [0, 0.05) is 26.0 Å². The minimum atomic E-state index is -0.330. The average Bonchev–Trinajstić information content (AvgIpc) is 3.06. The summed E-state index contributed by atoms with van der Waals surface area (Å²) >= 11 is 0. The Morgan fingerprint density at radius 1 is 0.846 bits per heavy atom. The summed E-state index contributed by atoms with van der Waals surface area (Å²) in [5.74, 6) is 0. The van der Waals surface area contributed by atoms with E-state index in [4.69, 9.17) is 0 Å². The Hall–Kier alpha value is -3.34. The first kappa shape index (κ1) is 16.1. The molecule has 0 unspecified atom stereocenters. The predicted octanol–water partition coefficient (Wildman–Crippen LogP) is 3.00. The molecule has 5 heteroatoms. The second-order valence-electron chi connectivity index (χ2n) is 6.52. The molecule has 0 radical (unpaired) electrons. The molecular weight excluding hydrogens is 326 g/mol. The lowest BCUT2D eigenvalue weighted by Gasteiger charge is -2.10. The minimum absolute atomic E-state index is 0.284. The number of hydrogen-bond acceptors (Lipinski definition) is 2. The summed E-state index contributed by atoms with van der Waals surface area (Å²) in [6.07, 6.45) is 1.87. The van der Waals surface area contributed by atoms with Gasteiger partial charge in [-0.25, -0.2) is 4.79 Å². The van der Waals surface area contributed by atoms with Crippen LogP contribution < -0.4 is 11.2 Å². The lowest BCUT2D eigenvalue weighted by molar-refractivity contribution is 0.714. The maximum Gasteiger partial charge on any atom is 0.330 e. The van der Waals surface area contributed by atoms with Crippen molar-refractivity contribution in [1.29, 1.82) is 0 Å². The molecule has 0 aliphatic heterocycles. The second kappa shape index (κ2) is 5.88. The van der Waals surface area contributed by atoms with Gasteiger partial charge in [0.15, 0.2) is 0 Å². The van der Waals surface area contributed by atoms with E-state index in [1.165, 1.54) is 11.6 Å². The highest BCUT2D eigenvalue weighted by molar-refractivity contribution is 5.94. The number of benzene rings is 2. The SMILES string of the molecule is Cc1cccc(-n2cc3c(c2-c2ccccc2)c(=O)n(C)c(=O)n3C)c1. The minimum Gasteiger partial charge on any atom is -0.314 e. The molecule has 0 atom stereocenters. The Labute approximate surface area is 150 Å². The van der Waals surface area contributed by atoms with Gasteiger partial charge < -0.3 is 4.57 Å². The van der Waals surface area contributed by atoms with Crippen molar-refractivity contribution in [3.63, 3.8) is 0 Å². The van der Waals surface area contributed by atoms with Gasteiger partial charge in [-0.3, -0.25) is 13.9 Å². The molecule has 5 nitrogen and oxygen atoms in total. The van der Waals surface area contributed by atoms with Gasteiger partial charge >= 0.3 is 5.69 Å². The Kier molecular flexibility index (Phi) is 3.65. The predicted molar refractivity (Wildman–Crippen MR) is 104 cm³/mol. The van der Waals surface area contributed by atoms with Crippen LogP contribution in [0.15, 0.2) is 70.4 Å². The van der Waals surface area contributed by atoms with E-state index < -0.39 is 0 Å². The van der Waals surface area contributed by atoms with Crippen molar-refractivity contribution >= 4 is 10.9 Å². The molecule has 0 fully saturated rings. The maximum atomic E-state index is 12.9. The molecule has 0 aliphatic carbocycles. The molecule has 26 heavy (non-hydrogen) atoms. The number of aryl methyl sites for hydroxylation is 2. The van der Waals surface area contributed by atoms with Crippen LogP contribution in [0.3, 0.4) is 0 Å². The lowest BCUT2D eigenvalue weighted by atomic mass is 10.1. The van der Waals surface area contributed by atoms with Gasteiger partial charge in [0.05, 0.1) is 16.6 Å². The number of aromatic nitrogens is 3. The van der Waals surface area contributed by atoms with E-state index in [9.17, 15) is 9.59 Å². The molecule has 0 spiro atoms. The average molecular weight is 345 g/mol. The quantitative estimate of drug-likeness (QED) is 0.561. The molecule has 4 aromatic rings. The highest BCUT2D eigenvalue weighted by atomic mass is 16.2. The maximum absolute atomic E-state index is 12.9. The zero-order valence-corrected chi connectivity index (χ0v) is 14.9. The summed E-state index contributed by atoms with van der Waals surface area (Å²) in [5.41, 5.74) is 3.81. The van der Waals surface area contributed by atoms with Crippen LogP contribution in [0.2, 0.25) is 0 Å². The Morgan fingerprint density at radius 2 is 1.58 bits per heavy atom. The molecule has 2 aromatic carbocycles. The third kappa shape index (κ3) is 2.32. The first-order chi connectivity index (χ1) is 12.5. The van der Waals surface area contributed by atoms with Crippen LogP contribution in [0.25, 0.3) is 27.8 Å². The van der Waals surface area contributed by atoms with Crippen molar-refractivity contribution in [2.45, 2.75) is 6.92 Å². The molecule has 0 saturated heterocycles. The fourth-order valence-corrected chi connectivity index (χ4v) is 3.40. The van der Waals surface area contributed by atoms with Crippen molar-refractivity contribution in [2.75, 3.05) is 0 Å². The first-order valence-electron chi connectivity index (χ1n) is 8.42. The van der Waals surface area contributed by atoms with Crippen LogP contribution in [0.4, 0.5) is 0 Å². The van der Waals surface area contributed by atoms with Crippen molar-refractivity contribution in [3.8, 4) is 16.9 Å². The van der Waals surface area contributed by atoms with Crippen LogP contribution in [0.5, 0.6) is 0 Å². The summed E-state index contributed by atoms with van der Waals surface area (Å²) in [5, 5.41) is 0.544. The van der Waals surface area contributed by atoms with Crippen LogP contribution in [0.1, 0.15) is 5.56 Å². The Morgan fingerprint density at radius 3 is 2.27 bits per heavy atom. The van der Waals surface area contributed by atoms with Gasteiger partial charge in [-0.1, -0.05) is 42.5 Å². The van der Waals surface area contributed by atoms with Crippen molar-refractivity contribution in [3.05, 3.63) is 87.2 Å². The van der Waals surface area contributed by atoms with Crippen molar-refractivity contribution in [1.82, 2.24) is 13.7 Å². The van der Waals surface area contributed by atoms with Gasteiger partial charge in [0.1, 0.15) is 0 Å². The summed E-state index contributed by atoms with van der Waals surface area (Å²) in [7, 11) is 3.21. The molecule has 0 saturated carbocycles. The van der Waals surface area contributed by atoms with E-state index in [1.807, 2.05) is 66.2 Å². The zero-order valence-electron chi connectivity index (χ0n) is 14.9. The van der Waals surface area contributed by atoms with Gasteiger partial charge in [-0.05, 0) is 30.2 Å². The van der Waals surface area contributed by atoms with Crippen molar-refractivity contribution < 1.29 is 0 Å². The highest BCUT2D eigenvalue weighted by Crippen LogP contribution is 2.30. The van der Waals surface area contributed by atoms with Crippen LogP contribution in [-0.2, 0) is 14.1 Å². The topological polar surface area (TPSA) is 48.9 Å². The summed E-state index contributed by atoms with van der Waals surface area (Å²) in [6, 6.07) is 17.9. The normalized spacial score (nSPS) is 11.2. The summed E-state index contributed by atoms with van der Waals surface area (Å²) < 4.78 is 4.68. The fourth-order valence-electron chi connectivity index (χ4n) is 3.40. The second-order valence-corrected chi connectivity index (χ2v) is 6.52. The zero-order chi connectivity index (χ0) is 18.4. The number of fused-ring (bicyclic) bond motifs is 1.